The summed E-state index contributed by atoms with van der Waals surface area (Å²) in [5.41, 5.74) is 2.51. The largest absolute Gasteiger partial charge is 0.444 e. The molecule has 2 aromatic heterocycles. The van der Waals surface area contributed by atoms with Gasteiger partial charge in [0.05, 0.1) is 6.54 Å². The standard InChI is InChI=1S/C20H32N4O3SSi/c1-20(2,3)27-19(25)23-9-7-16-15(13-23)17(18-21-8-11-28-18)22-24(16)14-26-10-12-29(4,5)6/h8,11H,7,9-10,12-14H2,1-6H3. The summed E-state index contributed by atoms with van der Waals surface area (Å²) in [6, 6.07) is 1.13. The summed E-state index contributed by atoms with van der Waals surface area (Å²) in [7, 11) is -1.12. The Balaban J connectivity index is 1.78. The molecule has 0 N–H and O–H groups in total. The number of amides is 1. The molecule has 9 heteroatoms. The predicted molar refractivity (Wildman–Crippen MR) is 118 cm³/mol. The van der Waals surface area contributed by atoms with Crippen molar-refractivity contribution in [2.24, 2.45) is 0 Å². The maximum atomic E-state index is 12.6. The monoisotopic (exact) mass is 436 g/mol. The number of carbonyl (C=O) groups is 1. The average Bonchev–Trinajstić information content (AvgIpc) is 3.23. The topological polar surface area (TPSA) is 69.5 Å². The highest BCUT2D eigenvalue weighted by Crippen LogP contribution is 2.32. The van der Waals surface area contributed by atoms with Crippen LogP contribution in [0.3, 0.4) is 0 Å². The molecule has 1 aliphatic heterocycles. The van der Waals surface area contributed by atoms with Crippen molar-refractivity contribution in [2.45, 2.75) is 71.8 Å². The lowest BCUT2D eigenvalue weighted by Crippen LogP contribution is -2.40. The molecule has 3 rings (SSSR count). The molecule has 0 saturated heterocycles. The smallest absolute Gasteiger partial charge is 0.410 e. The zero-order chi connectivity index (χ0) is 21.2. The van der Waals surface area contributed by atoms with Gasteiger partial charge in [0.2, 0.25) is 0 Å². The minimum Gasteiger partial charge on any atom is -0.444 e. The van der Waals surface area contributed by atoms with Crippen molar-refractivity contribution in [1.82, 2.24) is 19.7 Å². The highest BCUT2D eigenvalue weighted by atomic mass is 32.1. The van der Waals surface area contributed by atoms with Gasteiger partial charge in [0.25, 0.3) is 0 Å². The summed E-state index contributed by atoms with van der Waals surface area (Å²) in [5.74, 6) is 0. The van der Waals surface area contributed by atoms with Gasteiger partial charge in [0.15, 0.2) is 0 Å². The number of ether oxygens (including phenoxy) is 2. The second kappa shape index (κ2) is 8.57. The Labute approximate surface area is 178 Å². The van der Waals surface area contributed by atoms with Gasteiger partial charge >= 0.3 is 6.09 Å². The van der Waals surface area contributed by atoms with Crippen molar-refractivity contribution in [1.29, 1.82) is 0 Å². The molecular weight excluding hydrogens is 404 g/mol. The van der Waals surface area contributed by atoms with Gasteiger partial charge in [-0.05, 0) is 26.8 Å². The first-order valence-corrected chi connectivity index (χ1v) is 14.7. The Morgan fingerprint density at radius 2 is 2.07 bits per heavy atom. The van der Waals surface area contributed by atoms with Crippen LogP contribution in [0, 0.1) is 0 Å². The van der Waals surface area contributed by atoms with E-state index < -0.39 is 13.7 Å². The summed E-state index contributed by atoms with van der Waals surface area (Å²) < 4.78 is 13.5. The first-order chi connectivity index (χ1) is 13.5. The fraction of sp³-hybridized carbons (Fsp3) is 0.650. The maximum absolute atomic E-state index is 12.6. The minimum atomic E-state index is -1.12. The second-order valence-corrected chi connectivity index (χ2v) is 16.1. The van der Waals surface area contributed by atoms with E-state index in [1.54, 1.807) is 22.4 Å². The molecule has 7 nitrogen and oxygen atoms in total. The number of aromatic nitrogens is 3. The van der Waals surface area contributed by atoms with E-state index in [0.717, 1.165) is 41.0 Å². The van der Waals surface area contributed by atoms with Crippen molar-refractivity contribution in [3.05, 3.63) is 22.8 Å². The molecule has 0 spiro atoms. The van der Waals surface area contributed by atoms with Gasteiger partial charge in [0.1, 0.15) is 23.0 Å². The number of thiazole rings is 1. The van der Waals surface area contributed by atoms with Crippen molar-refractivity contribution in [2.75, 3.05) is 13.2 Å². The molecule has 3 heterocycles. The van der Waals surface area contributed by atoms with E-state index in [0.29, 0.717) is 19.8 Å². The molecule has 0 radical (unpaired) electrons. The zero-order valence-corrected chi connectivity index (χ0v) is 20.1. The molecule has 160 valence electrons. The molecule has 1 amide bonds. The average molecular weight is 437 g/mol. The number of hydrogen-bond acceptors (Lipinski definition) is 6. The lowest BCUT2D eigenvalue weighted by Gasteiger charge is -2.30. The van der Waals surface area contributed by atoms with Crippen LogP contribution in [0.1, 0.15) is 32.0 Å². The van der Waals surface area contributed by atoms with Gasteiger partial charge in [-0.1, -0.05) is 19.6 Å². The fourth-order valence-electron chi connectivity index (χ4n) is 3.12. The lowest BCUT2D eigenvalue weighted by atomic mass is 10.1. The summed E-state index contributed by atoms with van der Waals surface area (Å²) in [6.07, 6.45) is 2.22. The molecule has 29 heavy (non-hydrogen) atoms. The van der Waals surface area contributed by atoms with Crippen LogP contribution in [0.25, 0.3) is 10.7 Å². The van der Waals surface area contributed by atoms with Gasteiger partial charge in [0, 0.05) is 50.5 Å². The van der Waals surface area contributed by atoms with Gasteiger partial charge in [-0.2, -0.15) is 5.10 Å². The number of nitrogens with zero attached hydrogens (tertiary/aromatic N) is 4. The van der Waals surface area contributed by atoms with E-state index >= 15 is 0 Å². The third-order valence-electron chi connectivity index (χ3n) is 4.63. The van der Waals surface area contributed by atoms with Crippen LogP contribution >= 0.6 is 11.3 Å². The number of carbonyl (C=O) groups excluding carboxylic acids is 1. The van der Waals surface area contributed by atoms with Crippen LogP contribution in [0.2, 0.25) is 25.7 Å². The lowest BCUT2D eigenvalue weighted by molar-refractivity contribution is 0.0219. The molecule has 0 aliphatic carbocycles. The van der Waals surface area contributed by atoms with Gasteiger partial charge in [-0.15, -0.1) is 11.3 Å². The quantitative estimate of drug-likeness (QED) is 0.488. The normalized spacial score (nSPS) is 14.8. The fourth-order valence-corrected chi connectivity index (χ4v) is 4.53. The van der Waals surface area contributed by atoms with Crippen molar-refractivity contribution < 1.29 is 14.3 Å². The third-order valence-corrected chi connectivity index (χ3v) is 7.11. The molecule has 0 saturated carbocycles. The Morgan fingerprint density at radius 1 is 1.31 bits per heavy atom. The van der Waals surface area contributed by atoms with Crippen LogP contribution in [-0.4, -0.2) is 52.6 Å². The Bertz CT molecular complexity index is 837. The molecule has 0 unspecified atom stereocenters. The highest BCUT2D eigenvalue weighted by molar-refractivity contribution is 7.13. The molecular formula is C20H32N4O3SSi. The zero-order valence-electron chi connectivity index (χ0n) is 18.3. The second-order valence-electron chi connectivity index (χ2n) is 9.61. The van der Waals surface area contributed by atoms with Crippen molar-refractivity contribution in [3.63, 3.8) is 0 Å². The third kappa shape index (κ3) is 5.89. The summed E-state index contributed by atoms with van der Waals surface area (Å²) >= 11 is 1.56. The molecule has 0 atom stereocenters. The van der Waals surface area contributed by atoms with Crippen LogP contribution in [0.5, 0.6) is 0 Å². The van der Waals surface area contributed by atoms with E-state index in [-0.39, 0.29) is 6.09 Å². The Hall–Kier alpha value is -1.71. The van der Waals surface area contributed by atoms with Crippen LogP contribution in [0.15, 0.2) is 11.6 Å². The van der Waals surface area contributed by atoms with E-state index in [1.807, 2.05) is 30.8 Å². The summed E-state index contributed by atoms with van der Waals surface area (Å²) in [5, 5.41) is 7.62. The molecule has 2 aromatic rings. The summed E-state index contributed by atoms with van der Waals surface area (Å²) in [6.45, 7) is 15.0. The Kier molecular flexibility index (Phi) is 6.50. The summed E-state index contributed by atoms with van der Waals surface area (Å²) in [4.78, 5) is 18.8. The number of hydrogen-bond donors (Lipinski definition) is 0. The van der Waals surface area contributed by atoms with E-state index in [1.165, 1.54) is 0 Å². The van der Waals surface area contributed by atoms with Crippen LogP contribution in [0.4, 0.5) is 4.79 Å². The maximum Gasteiger partial charge on any atom is 0.410 e. The van der Waals surface area contributed by atoms with Crippen LogP contribution < -0.4 is 0 Å². The van der Waals surface area contributed by atoms with E-state index in [4.69, 9.17) is 14.6 Å². The first kappa shape index (κ1) is 22.0. The highest BCUT2D eigenvalue weighted by Gasteiger charge is 2.31. The molecule has 0 fully saturated rings. The molecule has 0 aromatic carbocycles. The number of rotatable bonds is 6. The van der Waals surface area contributed by atoms with Crippen molar-refractivity contribution in [3.8, 4) is 10.7 Å². The van der Waals surface area contributed by atoms with Crippen LogP contribution in [-0.2, 0) is 29.2 Å². The van der Waals surface area contributed by atoms with Gasteiger partial charge in [-0.3, -0.25) is 0 Å². The minimum absolute atomic E-state index is 0.285. The first-order valence-electron chi connectivity index (χ1n) is 10.1. The predicted octanol–water partition coefficient (Wildman–Crippen LogP) is 4.61. The molecule has 0 bridgehead atoms. The Morgan fingerprint density at radius 3 is 2.69 bits per heavy atom. The SMILES string of the molecule is CC(C)(C)OC(=O)N1CCc2c(c(-c3nccs3)nn2COCC[Si](C)(C)C)C1. The van der Waals surface area contributed by atoms with Crippen molar-refractivity contribution >= 4 is 25.5 Å². The molecule has 1 aliphatic rings. The van der Waals surface area contributed by atoms with Gasteiger partial charge in [-0.25, -0.2) is 14.5 Å². The number of fused-ring (bicyclic) bond motifs is 1. The van der Waals surface area contributed by atoms with E-state index in [2.05, 4.69) is 24.6 Å². The van der Waals surface area contributed by atoms with Gasteiger partial charge < -0.3 is 14.4 Å². The van der Waals surface area contributed by atoms with E-state index in [9.17, 15) is 4.79 Å².